The summed E-state index contributed by atoms with van der Waals surface area (Å²) in [6.07, 6.45) is 8.64. The Labute approximate surface area is 118 Å². The molecule has 5 heteroatoms. The molecule has 1 aliphatic carbocycles. The monoisotopic (exact) mass is 279 g/mol. The number of hydrogen-bond acceptors (Lipinski definition) is 5. The normalized spacial score (nSPS) is 20.4. The van der Waals surface area contributed by atoms with Gasteiger partial charge in [-0.2, -0.15) is 4.37 Å². The first-order valence-corrected chi connectivity index (χ1v) is 7.89. The SMILES string of the molecule is CN1CCC=C(c2nsnc2OCCCC2CC2)C1. The fourth-order valence-electron chi connectivity index (χ4n) is 2.48. The summed E-state index contributed by atoms with van der Waals surface area (Å²) in [5.41, 5.74) is 2.22. The van der Waals surface area contributed by atoms with Gasteiger partial charge in [0.25, 0.3) is 5.88 Å². The fraction of sp³-hybridized carbons (Fsp3) is 0.714. The van der Waals surface area contributed by atoms with Crippen LogP contribution in [-0.4, -0.2) is 40.4 Å². The summed E-state index contributed by atoms with van der Waals surface area (Å²) in [5.74, 6) is 1.72. The number of aromatic nitrogens is 2. The summed E-state index contributed by atoms with van der Waals surface area (Å²) in [4.78, 5) is 2.31. The van der Waals surface area contributed by atoms with Gasteiger partial charge in [-0.3, -0.25) is 0 Å². The van der Waals surface area contributed by atoms with Gasteiger partial charge in [-0.05, 0) is 37.8 Å². The van der Waals surface area contributed by atoms with Crippen LogP contribution in [-0.2, 0) is 0 Å². The smallest absolute Gasteiger partial charge is 0.253 e. The molecule has 1 aromatic rings. The summed E-state index contributed by atoms with van der Waals surface area (Å²) in [6.45, 7) is 2.85. The van der Waals surface area contributed by atoms with Crippen molar-refractivity contribution < 1.29 is 4.74 Å². The molecule has 4 nitrogen and oxygen atoms in total. The van der Waals surface area contributed by atoms with Crippen LogP contribution in [0, 0.1) is 5.92 Å². The van der Waals surface area contributed by atoms with Crippen molar-refractivity contribution in [3.8, 4) is 5.88 Å². The molecule has 0 bridgehead atoms. The van der Waals surface area contributed by atoms with Crippen LogP contribution in [0.3, 0.4) is 0 Å². The Morgan fingerprint density at radius 2 is 2.32 bits per heavy atom. The van der Waals surface area contributed by atoms with Crippen LogP contribution in [0.4, 0.5) is 0 Å². The molecule has 19 heavy (non-hydrogen) atoms. The molecule has 2 heterocycles. The third kappa shape index (κ3) is 3.54. The molecule has 0 unspecified atom stereocenters. The minimum Gasteiger partial charge on any atom is -0.475 e. The molecule has 0 radical (unpaired) electrons. The second kappa shape index (κ2) is 6.01. The molecule has 1 aliphatic heterocycles. The second-order valence-electron chi connectivity index (χ2n) is 5.61. The summed E-state index contributed by atoms with van der Waals surface area (Å²) in [7, 11) is 2.14. The van der Waals surface area contributed by atoms with E-state index in [-0.39, 0.29) is 0 Å². The minimum absolute atomic E-state index is 0.738. The van der Waals surface area contributed by atoms with Crippen molar-refractivity contribution in [2.45, 2.75) is 32.1 Å². The zero-order valence-corrected chi connectivity index (χ0v) is 12.3. The third-order valence-corrected chi connectivity index (χ3v) is 4.31. The van der Waals surface area contributed by atoms with E-state index in [0.29, 0.717) is 0 Å². The van der Waals surface area contributed by atoms with Crippen molar-refractivity contribution in [2.24, 2.45) is 5.92 Å². The molecule has 2 aliphatic rings. The summed E-state index contributed by atoms with van der Waals surface area (Å²) in [6, 6.07) is 0. The minimum atomic E-state index is 0.738. The van der Waals surface area contributed by atoms with E-state index in [2.05, 4.69) is 26.8 Å². The lowest BCUT2D eigenvalue weighted by Crippen LogP contribution is -2.25. The largest absolute Gasteiger partial charge is 0.475 e. The van der Waals surface area contributed by atoms with E-state index in [4.69, 9.17) is 4.74 Å². The molecule has 1 fully saturated rings. The van der Waals surface area contributed by atoms with Gasteiger partial charge in [-0.1, -0.05) is 18.9 Å². The highest BCUT2D eigenvalue weighted by Crippen LogP contribution is 2.33. The van der Waals surface area contributed by atoms with E-state index in [0.717, 1.165) is 50.0 Å². The molecule has 0 N–H and O–H groups in total. The molecule has 0 saturated heterocycles. The average Bonchev–Trinajstić information content (AvgIpc) is 3.11. The van der Waals surface area contributed by atoms with E-state index in [1.54, 1.807) is 0 Å². The Hall–Kier alpha value is -0.940. The average molecular weight is 279 g/mol. The Balaban J connectivity index is 1.56. The number of likely N-dealkylation sites (N-methyl/N-ethyl adjacent to an activating group) is 1. The topological polar surface area (TPSA) is 38.2 Å². The van der Waals surface area contributed by atoms with Crippen molar-refractivity contribution in [1.29, 1.82) is 0 Å². The van der Waals surface area contributed by atoms with Gasteiger partial charge in [0.05, 0.1) is 18.3 Å². The van der Waals surface area contributed by atoms with Crippen LogP contribution >= 0.6 is 11.7 Å². The van der Waals surface area contributed by atoms with Crippen molar-refractivity contribution >= 4 is 17.3 Å². The van der Waals surface area contributed by atoms with Crippen LogP contribution in [0.2, 0.25) is 0 Å². The molecule has 1 aromatic heterocycles. The zero-order chi connectivity index (χ0) is 13.1. The van der Waals surface area contributed by atoms with Crippen molar-refractivity contribution in [3.05, 3.63) is 11.8 Å². The van der Waals surface area contributed by atoms with Gasteiger partial charge in [0.1, 0.15) is 5.69 Å². The number of hydrogen-bond donors (Lipinski definition) is 0. The van der Waals surface area contributed by atoms with Crippen molar-refractivity contribution in [3.63, 3.8) is 0 Å². The zero-order valence-electron chi connectivity index (χ0n) is 11.5. The molecule has 1 saturated carbocycles. The fourth-order valence-corrected chi connectivity index (χ4v) is 3.01. The predicted octanol–water partition coefficient (Wildman–Crippen LogP) is 2.83. The van der Waals surface area contributed by atoms with Crippen LogP contribution in [0.5, 0.6) is 5.88 Å². The van der Waals surface area contributed by atoms with Crippen LogP contribution < -0.4 is 4.74 Å². The molecule has 3 rings (SSSR count). The molecule has 0 spiro atoms. The molecule has 104 valence electrons. The van der Waals surface area contributed by atoms with E-state index < -0.39 is 0 Å². The number of nitrogens with zero attached hydrogens (tertiary/aromatic N) is 3. The first-order valence-electron chi connectivity index (χ1n) is 7.16. The lowest BCUT2D eigenvalue weighted by Gasteiger charge is -2.22. The van der Waals surface area contributed by atoms with Crippen LogP contribution in [0.15, 0.2) is 6.08 Å². The van der Waals surface area contributed by atoms with E-state index in [1.165, 1.54) is 36.6 Å². The first-order chi connectivity index (χ1) is 9.33. The quantitative estimate of drug-likeness (QED) is 0.751. The first kappa shape index (κ1) is 13.1. The highest BCUT2D eigenvalue weighted by molar-refractivity contribution is 6.99. The second-order valence-corrected chi connectivity index (χ2v) is 6.14. The van der Waals surface area contributed by atoms with Gasteiger partial charge < -0.3 is 9.64 Å². The van der Waals surface area contributed by atoms with Gasteiger partial charge in [-0.25, -0.2) is 0 Å². The van der Waals surface area contributed by atoms with E-state index in [9.17, 15) is 0 Å². The Morgan fingerprint density at radius 3 is 3.11 bits per heavy atom. The highest BCUT2D eigenvalue weighted by atomic mass is 32.1. The maximum atomic E-state index is 5.82. The van der Waals surface area contributed by atoms with Crippen LogP contribution in [0.1, 0.15) is 37.8 Å². The maximum absolute atomic E-state index is 5.82. The summed E-state index contributed by atoms with van der Waals surface area (Å²) < 4.78 is 14.5. The van der Waals surface area contributed by atoms with Crippen LogP contribution in [0.25, 0.3) is 5.57 Å². The molecule has 0 aromatic carbocycles. The van der Waals surface area contributed by atoms with Gasteiger partial charge in [0.15, 0.2) is 0 Å². The van der Waals surface area contributed by atoms with Gasteiger partial charge in [0.2, 0.25) is 0 Å². The molecular formula is C14H21N3OS. The molecule has 0 atom stereocenters. The summed E-state index contributed by atoms with van der Waals surface area (Å²) in [5, 5.41) is 0. The Bertz CT molecular complexity index is 453. The summed E-state index contributed by atoms with van der Waals surface area (Å²) >= 11 is 1.25. The van der Waals surface area contributed by atoms with Crippen molar-refractivity contribution in [2.75, 3.05) is 26.7 Å². The van der Waals surface area contributed by atoms with Gasteiger partial charge in [-0.15, -0.1) is 4.37 Å². The van der Waals surface area contributed by atoms with Crippen molar-refractivity contribution in [1.82, 2.24) is 13.6 Å². The highest BCUT2D eigenvalue weighted by Gasteiger charge is 2.21. The predicted molar refractivity (Wildman–Crippen MR) is 77.5 cm³/mol. The molecule has 0 amide bonds. The van der Waals surface area contributed by atoms with Gasteiger partial charge >= 0.3 is 0 Å². The number of ether oxygens (including phenoxy) is 1. The van der Waals surface area contributed by atoms with E-state index in [1.807, 2.05) is 0 Å². The maximum Gasteiger partial charge on any atom is 0.253 e. The molecular weight excluding hydrogens is 258 g/mol. The van der Waals surface area contributed by atoms with Gasteiger partial charge in [0, 0.05) is 13.1 Å². The lowest BCUT2D eigenvalue weighted by atomic mass is 10.1. The number of rotatable bonds is 6. The van der Waals surface area contributed by atoms with E-state index >= 15 is 0 Å². The lowest BCUT2D eigenvalue weighted by molar-refractivity contribution is 0.293. The standard InChI is InChI=1S/C14H21N3OS/c1-17-8-2-5-12(10-17)13-14(16-19-15-13)18-9-3-4-11-6-7-11/h5,11H,2-4,6-10H2,1H3. The third-order valence-electron chi connectivity index (χ3n) is 3.80. The Kier molecular flexibility index (Phi) is 4.13. The Morgan fingerprint density at radius 1 is 1.42 bits per heavy atom.